The molecular formula is C17H15F5N2O4. The van der Waals surface area contributed by atoms with Crippen molar-refractivity contribution >= 4 is 11.5 Å². The minimum Gasteiger partial charge on any atom is -0.478 e. The van der Waals surface area contributed by atoms with Crippen molar-refractivity contribution in [3.05, 3.63) is 34.0 Å². The van der Waals surface area contributed by atoms with Crippen LogP contribution in [-0.2, 0) is 22.1 Å². The number of hydrogen-bond acceptors (Lipinski definition) is 5. The van der Waals surface area contributed by atoms with Gasteiger partial charge in [-0.25, -0.2) is 18.6 Å². The predicted molar refractivity (Wildman–Crippen MR) is 84.1 cm³/mol. The van der Waals surface area contributed by atoms with Gasteiger partial charge in [0, 0.05) is 5.56 Å². The largest absolute Gasteiger partial charge is 0.478 e. The van der Waals surface area contributed by atoms with Gasteiger partial charge in [-0.05, 0) is 17.9 Å². The van der Waals surface area contributed by atoms with Gasteiger partial charge in [0.25, 0.3) is 12.4 Å². The molecule has 0 radical (unpaired) electrons. The van der Waals surface area contributed by atoms with Crippen molar-refractivity contribution in [3.8, 4) is 6.07 Å². The Morgan fingerprint density at radius 1 is 1.25 bits per heavy atom. The fourth-order valence-corrected chi connectivity index (χ4v) is 2.80. The molecule has 1 saturated heterocycles. The second-order valence-electron chi connectivity index (χ2n) is 6.25. The Morgan fingerprint density at radius 2 is 1.82 bits per heavy atom. The summed E-state index contributed by atoms with van der Waals surface area (Å²) in [5, 5.41) is 18.9. The molecule has 0 saturated carbocycles. The summed E-state index contributed by atoms with van der Waals surface area (Å²) >= 11 is 0. The second kappa shape index (κ2) is 8.00. The number of nitrogens with zero attached hydrogens (tertiary/aromatic N) is 2. The number of halogens is 5. The van der Waals surface area contributed by atoms with E-state index in [4.69, 9.17) is 9.47 Å². The van der Waals surface area contributed by atoms with Gasteiger partial charge in [0.2, 0.25) is 0 Å². The van der Waals surface area contributed by atoms with Gasteiger partial charge in [-0.3, -0.25) is 0 Å². The maximum Gasteiger partial charge on any atom is 0.434 e. The molecule has 1 aliphatic rings. The molecule has 0 bridgehead atoms. The third-order valence-corrected chi connectivity index (χ3v) is 3.75. The fraction of sp³-hybridized carbons (Fsp3) is 0.471. The highest BCUT2D eigenvalue weighted by Gasteiger charge is 2.42. The Labute approximate surface area is 156 Å². The van der Waals surface area contributed by atoms with Crippen LogP contribution in [0.4, 0.5) is 22.0 Å². The average Bonchev–Trinajstić information content (AvgIpc) is 3.08. The molecule has 0 spiro atoms. The molecule has 1 aromatic rings. The van der Waals surface area contributed by atoms with Crippen LogP contribution in [0.2, 0.25) is 0 Å². The highest BCUT2D eigenvalue weighted by atomic mass is 19.4. The average molecular weight is 406 g/mol. The zero-order valence-electron chi connectivity index (χ0n) is 14.7. The van der Waals surface area contributed by atoms with Gasteiger partial charge in [0.05, 0.1) is 5.56 Å². The number of carboxylic acid groups (broad SMARTS) is 1. The van der Waals surface area contributed by atoms with Gasteiger partial charge in [0.15, 0.2) is 5.69 Å². The van der Waals surface area contributed by atoms with Gasteiger partial charge in [-0.2, -0.15) is 18.4 Å². The Bertz CT molecular complexity index is 849. The van der Waals surface area contributed by atoms with E-state index in [1.54, 1.807) is 13.8 Å². The minimum atomic E-state index is -5.23. The van der Waals surface area contributed by atoms with Crippen molar-refractivity contribution in [1.29, 1.82) is 5.26 Å². The quantitative estimate of drug-likeness (QED) is 0.583. The van der Waals surface area contributed by atoms with E-state index in [9.17, 15) is 37.1 Å². The van der Waals surface area contributed by atoms with Crippen molar-refractivity contribution in [2.45, 2.75) is 32.9 Å². The lowest BCUT2D eigenvalue weighted by Crippen LogP contribution is -2.22. The topological polar surface area (TPSA) is 92.4 Å². The van der Waals surface area contributed by atoms with Gasteiger partial charge >= 0.3 is 12.1 Å². The molecule has 2 heterocycles. The third kappa shape index (κ3) is 4.16. The van der Waals surface area contributed by atoms with E-state index in [-0.39, 0.29) is 19.6 Å². The van der Waals surface area contributed by atoms with E-state index in [1.807, 2.05) is 0 Å². The van der Waals surface area contributed by atoms with Crippen LogP contribution in [0, 0.1) is 17.2 Å². The van der Waals surface area contributed by atoms with E-state index in [2.05, 4.69) is 4.98 Å². The van der Waals surface area contributed by atoms with Crippen LogP contribution in [0.25, 0.3) is 5.57 Å². The zero-order valence-corrected chi connectivity index (χ0v) is 14.7. The van der Waals surface area contributed by atoms with E-state index >= 15 is 0 Å². The van der Waals surface area contributed by atoms with Crippen LogP contribution in [0.15, 0.2) is 5.95 Å². The Hall–Kier alpha value is -2.90. The SMILES string of the molecule is CC(C)Cc1c(C(=O)O)c(C(F)F)nc(C(F)(F)F)c1C(C#N)=C1OCCO1. The van der Waals surface area contributed by atoms with Crippen molar-refractivity contribution in [2.24, 2.45) is 5.92 Å². The van der Waals surface area contributed by atoms with Gasteiger partial charge < -0.3 is 14.6 Å². The molecular weight excluding hydrogens is 391 g/mol. The number of aromatic carboxylic acids is 1. The first-order chi connectivity index (χ1) is 13.0. The number of carbonyl (C=O) groups is 1. The summed E-state index contributed by atoms with van der Waals surface area (Å²) in [4.78, 5) is 14.6. The molecule has 1 aliphatic heterocycles. The molecule has 0 aromatic carbocycles. The highest BCUT2D eigenvalue weighted by molar-refractivity contribution is 5.94. The molecule has 0 atom stereocenters. The van der Waals surface area contributed by atoms with Crippen LogP contribution in [-0.4, -0.2) is 29.3 Å². The number of ether oxygens (including phenoxy) is 2. The zero-order chi connectivity index (χ0) is 21.2. The lowest BCUT2D eigenvalue weighted by atomic mass is 9.88. The monoisotopic (exact) mass is 406 g/mol. The molecule has 28 heavy (non-hydrogen) atoms. The molecule has 1 fully saturated rings. The maximum atomic E-state index is 13.7. The number of allylic oxidation sites excluding steroid dienone is 1. The first-order valence-corrected chi connectivity index (χ1v) is 8.04. The maximum absolute atomic E-state index is 13.7. The molecule has 0 amide bonds. The summed E-state index contributed by atoms with van der Waals surface area (Å²) in [5.41, 5.74) is -6.57. The Morgan fingerprint density at radius 3 is 2.21 bits per heavy atom. The summed E-state index contributed by atoms with van der Waals surface area (Å²) in [6.45, 7) is 3.06. The first-order valence-electron chi connectivity index (χ1n) is 8.04. The Balaban J connectivity index is 3.05. The highest BCUT2D eigenvalue weighted by Crippen LogP contribution is 2.41. The molecule has 2 rings (SSSR count). The summed E-state index contributed by atoms with van der Waals surface area (Å²) in [6.07, 6.45) is -9.12. The molecule has 152 valence electrons. The lowest BCUT2D eigenvalue weighted by Gasteiger charge is -2.21. The number of hydrogen-bond donors (Lipinski definition) is 1. The van der Waals surface area contributed by atoms with Crippen molar-refractivity contribution in [1.82, 2.24) is 4.98 Å². The molecule has 1 aromatic heterocycles. The molecule has 11 heteroatoms. The lowest BCUT2D eigenvalue weighted by molar-refractivity contribution is -0.141. The van der Waals surface area contributed by atoms with Crippen LogP contribution in [0.1, 0.15) is 53.1 Å². The third-order valence-electron chi connectivity index (χ3n) is 3.75. The smallest absolute Gasteiger partial charge is 0.434 e. The van der Waals surface area contributed by atoms with E-state index < -0.39 is 64.1 Å². The van der Waals surface area contributed by atoms with Crippen LogP contribution >= 0.6 is 0 Å². The van der Waals surface area contributed by atoms with E-state index in [0.29, 0.717) is 0 Å². The number of aromatic nitrogens is 1. The number of rotatable bonds is 5. The van der Waals surface area contributed by atoms with Gasteiger partial charge in [0.1, 0.15) is 30.6 Å². The fourth-order valence-electron chi connectivity index (χ4n) is 2.80. The van der Waals surface area contributed by atoms with Crippen molar-refractivity contribution in [2.75, 3.05) is 13.2 Å². The number of alkyl halides is 5. The summed E-state index contributed by atoms with van der Waals surface area (Å²) < 4.78 is 77.7. The first kappa shape index (κ1) is 21.4. The summed E-state index contributed by atoms with van der Waals surface area (Å²) in [5.74, 6) is -2.81. The minimum absolute atomic E-state index is 0.0320. The van der Waals surface area contributed by atoms with Crippen LogP contribution in [0.3, 0.4) is 0 Å². The second-order valence-corrected chi connectivity index (χ2v) is 6.25. The molecule has 1 N–H and O–H groups in total. The van der Waals surface area contributed by atoms with Crippen LogP contribution in [0.5, 0.6) is 0 Å². The number of carboxylic acids is 1. The normalized spacial score (nSPS) is 14.1. The van der Waals surface area contributed by atoms with Crippen molar-refractivity contribution in [3.63, 3.8) is 0 Å². The van der Waals surface area contributed by atoms with Crippen LogP contribution < -0.4 is 0 Å². The van der Waals surface area contributed by atoms with Crippen molar-refractivity contribution < 1.29 is 41.3 Å². The Kier molecular flexibility index (Phi) is 6.11. The van der Waals surface area contributed by atoms with Gasteiger partial charge in [-0.15, -0.1) is 0 Å². The molecule has 0 aliphatic carbocycles. The standard InChI is InChI=1S/C17H15F5N2O4/c1-7(2)5-8-10(9(6-23)16-27-3-4-28-16)13(17(20,21)22)24-12(14(18)19)11(8)15(25)26/h7,14H,3-5H2,1-2H3,(H,25,26). The van der Waals surface area contributed by atoms with E-state index in [1.165, 1.54) is 6.07 Å². The number of pyridine rings is 1. The van der Waals surface area contributed by atoms with E-state index in [0.717, 1.165) is 0 Å². The summed E-state index contributed by atoms with van der Waals surface area (Å²) in [6, 6.07) is 1.51. The van der Waals surface area contributed by atoms with Gasteiger partial charge in [-0.1, -0.05) is 13.8 Å². The molecule has 6 nitrogen and oxygen atoms in total. The summed E-state index contributed by atoms with van der Waals surface area (Å²) in [7, 11) is 0. The molecule has 0 unspecified atom stereocenters. The predicted octanol–water partition coefficient (Wildman–Crippen LogP) is 4.17. The number of nitriles is 1.